The number of esters is 1. The highest BCUT2D eigenvalue weighted by Gasteiger charge is 2.31. The summed E-state index contributed by atoms with van der Waals surface area (Å²) in [4.78, 5) is 13.8. The monoisotopic (exact) mass is 446 g/mol. The maximum atomic E-state index is 12.8. The van der Waals surface area contributed by atoms with Crippen LogP contribution in [0.1, 0.15) is 23.0 Å². The van der Waals surface area contributed by atoms with Gasteiger partial charge in [-0.05, 0) is 36.8 Å². The predicted molar refractivity (Wildman–Crippen MR) is 105 cm³/mol. The van der Waals surface area contributed by atoms with Crippen LogP contribution in [0.4, 0.5) is 0 Å². The summed E-state index contributed by atoms with van der Waals surface area (Å²) in [7, 11) is -3.81. The molecule has 1 aliphatic rings. The van der Waals surface area contributed by atoms with Crippen molar-refractivity contribution in [2.45, 2.75) is 18.6 Å². The molecule has 0 unspecified atom stereocenters. The second-order valence-corrected chi connectivity index (χ2v) is 8.97. The topological polar surface area (TPSA) is 80.1 Å². The first kappa shape index (κ1) is 21.1. The average Bonchev–Trinajstić information content (AvgIpc) is 3.16. The molecule has 0 aliphatic carbocycles. The zero-order valence-electron chi connectivity index (χ0n) is 15.2. The molecule has 0 N–H and O–H groups in total. The minimum atomic E-state index is -3.81. The number of piperazine rings is 1. The number of benzene rings is 1. The van der Waals surface area contributed by atoms with Crippen molar-refractivity contribution in [1.29, 1.82) is 0 Å². The lowest BCUT2D eigenvalue weighted by atomic mass is 10.2. The smallest absolute Gasteiger partial charge is 0.374 e. The van der Waals surface area contributed by atoms with Gasteiger partial charge in [0.15, 0.2) is 0 Å². The summed E-state index contributed by atoms with van der Waals surface area (Å²) in [6, 6.07) is 7.93. The molecule has 1 saturated heterocycles. The van der Waals surface area contributed by atoms with E-state index in [1.165, 1.54) is 16.4 Å². The van der Waals surface area contributed by atoms with Gasteiger partial charge >= 0.3 is 5.97 Å². The van der Waals surface area contributed by atoms with Crippen LogP contribution >= 0.6 is 23.2 Å². The fourth-order valence-electron chi connectivity index (χ4n) is 2.92. The lowest BCUT2D eigenvalue weighted by molar-refractivity contribution is 0.0483. The van der Waals surface area contributed by atoms with E-state index in [0.717, 1.165) is 5.56 Å². The third-order valence-corrected chi connectivity index (χ3v) is 6.75. The third-order valence-electron chi connectivity index (χ3n) is 4.39. The third kappa shape index (κ3) is 4.69. The molecule has 0 spiro atoms. The Balaban J connectivity index is 1.63. The van der Waals surface area contributed by atoms with Crippen molar-refractivity contribution in [3.63, 3.8) is 0 Å². The second-order valence-electron chi connectivity index (χ2n) is 6.26. The summed E-state index contributed by atoms with van der Waals surface area (Å²) < 4.78 is 36.9. The normalized spacial score (nSPS) is 16.2. The SMILES string of the molecule is CCOC(=O)c1ccc(S(=O)(=O)N2CCN(Cc3ccc(Cl)cc3Cl)CC2)o1. The van der Waals surface area contributed by atoms with Gasteiger partial charge in [0.25, 0.3) is 10.0 Å². The van der Waals surface area contributed by atoms with E-state index >= 15 is 0 Å². The first-order valence-corrected chi connectivity index (χ1v) is 10.9. The molecule has 2 aromatic rings. The second kappa shape index (κ2) is 8.84. The van der Waals surface area contributed by atoms with E-state index in [1.54, 1.807) is 19.1 Å². The van der Waals surface area contributed by atoms with E-state index in [-0.39, 0.29) is 17.5 Å². The highest BCUT2D eigenvalue weighted by atomic mass is 35.5. The molecule has 1 aromatic carbocycles. The van der Waals surface area contributed by atoms with Crippen LogP contribution in [0, 0.1) is 0 Å². The molecule has 1 fully saturated rings. The van der Waals surface area contributed by atoms with Gasteiger partial charge in [0.05, 0.1) is 6.61 Å². The van der Waals surface area contributed by atoms with Crippen LogP contribution in [0.5, 0.6) is 0 Å². The summed E-state index contributed by atoms with van der Waals surface area (Å²) in [6.45, 7) is 4.16. The number of rotatable bonds is 6. The quantitative estimate of drug-likeness (QED) is 0.633. The van der Waals surface area contributed by atoms with Gasteiger partial charge in [0.2, 0.25) is 10.9 Å². The Morgan fingerprint density at radius 3 is 2.50 bits per heavy atom. The molecule has 7 nitrogen and oxygen atoms in total. The number of hydrogen-bond acceptors (Lipinski definition) is 6. The highest BCUT2D eigenvalue weighted by Crippen LogP contribution is 2.24. The molecule has 1 aliphatic heterocycles. The molecule has 2 heterocycles. The molecule has 0 amide bonds. The molecule has 28 heavy (non-hydrogen) atoms. The Labute approximate surface area is 173 Å². The first-order chi connectivity index (χ1) is 13.3. The molecule has 3 rings (SSSR count). The van der Waals surface area contributed by atoms with Gasteiger partial charge in [0.1, 0.15) is 0 Å². The van der Waals surface area contributed by atoms with Gasteiger partial charge < -0.3 is 9.15 Å². The maximum absolute atomic E-state index is 12.8. The van der Waals surface area contributed by atoms with Crippen molar-refractivity contribution in [2.75, 3.05) is 32.8 Å². The van der Waals surface area contributed by atoms with Crippen LogP contribution in [0.25, 0.3) is 0 Å². The number of sulfonamides is 1. The maximum Gasteiger partial charge on any atom is 0.374 e. The van der Waals surface area contributed by atoms with Gasteiger partial charge in [-0.1, -0.05) is 29.3 Å². The molecule has 1 aromatic heterocycles. The fraction of sp³-hybridized carbons (Fsp3) is 0.389. The molecule has 0 bridgehead atoms. The highest BCUT2D eigenvalue weighted by molar-refractivity contribution is 7.89. The minimum absolute atomic E-state index is 0.128. The van der Waals surface area contributed by atoms with Gasteiger partial charge in [-0.2, -0.15) is 4.31 Å². The molecule has 10 heteroatoms. The van der Waals surface area contributed by atoms with Crippen LogP contribution in [0.2, 0.25) is 10.0 Å². The summed E-state index contributed by atoms with van der Waals surface area (Å²) >= 11 is 12.1. The Hall–Kier alpha value is -1.58. The Bertz CT molecular complexity index is 953. The molecule has 0 saturated carbocycles. The number of carbonyl (C=O) groups excluding carboxylic acids is 1. The van der Waals surface area contributed by atoms with Gasteiger partial charge in [-0.3, -0.25) is 4.90 Å². The van der Waals surface area contributed by atoms with E-state index in [0.29, 0.717) is 42.8 Å². The summed E-state index contributed by atoms with van der Waals surface area (Å²) in [6.07, 6.45) is 0. The number of ether oxygens (including phenoxy) is 1. The van der Waals surface area contributed by atoms with Gasteiger partial charge in [-0.25, -0.2) is 13.2 Å². The number of furan rings is 1. The zero-order chi connectivity index (χ0) is 20.3. The van der Waals surface area contributed by atoms with Crippen molar-refractivity contribution in [1.82, 2.24) is 9.21 Å². The van der Waals surface area contributed by atoms with Gasteiger partial charge in [-0.15, -0.1) is 0 Å². The standard InChI is InChI=1S/C18H20Cl2N2O5S/c1-2-26-18(23)16-5-6-17(27-16)28(24,25)22-9-7-21(8-10-22)12-13-3-4-14(19)11-15(13)20/h3-6,11H,2,7-10,12H2,1H3. The van der Waals surface area contributed by atoms with Crippen molar-refractivity contribution in [2.24, 2.45) is 0 Å². The number of hydrogen-bond donors (Lipinski definition) is 0. The van der Waals surface area contributed by atoms with E-state index in [1.807, 2.05) is 6.07 Å². The number of carbonyl (C=O) groups is 1. The predicted octanol–water partition coefficient (Wildman–Crippen LogP) is 3.27. The Kier molecular flexibility index (Phi) is 6.67. The van der Waals surface area contributed by atoms with Crippen molar-refractivity contribution in [3.8, 4) is 0 Å². The molecular formula is C18H20Cl2N2O5S. The van der Waals surface area contributed by atoms with Crippen molar-refractivity contribution < 1.29 is 22.4 Å². The molecule has 0 atom stereocenters. The fourth-order valence-corrected chi connectivity index (χ4v) is 4.72. The first-order valence-electron chi connectivity index (χ1n) is 8.74. The minimum Gasteiger partial charge on any atom is -0.460 e. The van der Waals surface area contributed by atoms with Crippen LogP contribution in [-0.4, -0.2) is 56.4 Å². The Morgan fingerprint density at radius 1 is 1.14 bits per heavy atom. The largest absolute Gasteiger partial charge is 0.460 e. The molecular weight excluding hydrogens is 427 g/mol. The van der Waals surface area contributed by atoms with Gasteiger partial charge in [0, 0.05) is 42.8 Å². The van der Waals surface area contributed by atoms with E-state index in [4.69, 9.17) is 32.4 Å². The van der Waals surface area contributed by atoms with Crippen molar-refractivity contribution in [3.05, 3.63) is 51.7 Å². The van der Waals surface area contributed by atoms with E-state index in [2.05, 4.69) is 4.90 Å². The van der Waals surface area contributed by atoms with Crippen molar-refractivity contribution >= 4 is 39.2 Å². The zero-order valence-corrected chi connectivity index (χ0v) is 17.6. The summed E-state index contributed by atoms with van der Waals surface area (Å²) in [5.41, 5.74) is 0.937. The number of nitrogens with zero attached hydrogens (tertiary/aromatic N) is 2. The lowest BCUT2D eigenvalue weighted by Crippen LogP contribution is -2.48. The van der Waals surface area contributed by atoms with E-state index in [9.17, 15) is 13.2 Å². The Morgan fingerprint density at radius 2 is 1.86 bits per heavy atom. The number of halogens is 2. The lowest BCUT2D eigenvalue weighted by Gasteiger charge is -2.33. The molecule has 0 radical (unpaired) electrons. The van der Waals surface area contributed by atoms with Crippen LogP contribution in [0.3, 0.4) is 0 Å². The van der Waals surface area contributed by atoms with Crippen LogP contribution in [-0.2, 0) is 21.3 Å². The van der Waals surface area contributed by atoms with E-state index < -0.39 is 16.0 Å². The molecule has 152 valence electrons. The van der Waals surface area contributed by atoms with Crippen LogP contribution in [0.15, 0.2) is 39.8 Å². The summed E-state index contributed by atoms with van der Waals surface area (Å²) in [5, 5.41) is 0.902. The van der Waals surface area contributed by atoms with Crippen LogP contribution < -0.4 is 0 Å². The summed E-state index contributed by atoms with van der Waals surface area (Å²) in [5.74, 6) is -0.815. The average molecular weight is 447 g/mol.